The predicted molar refractivity (Wildman–Crippen MR) is 38.4 cm³/mol. The summed E-state index contributed by atoms with van der Waals surface area (Å²) < 4.78 is 0. The molecule has 4 heteroatoms. The van der Waals surface area contributed by atoms with Crippen LogP contribution in [0.2, 0.25) is 0 Å². The highest BCUT2D eigenvalue weighted by atomic mass is 16.2. The first kappa shape index (κ1) is 7.34. The summed E-state index contributed by atoms with van der Waals surface area (Å²) in [4.78, 5) is 14.3. The Morgan fingerprint density at radius 1 is 1.50 bits per heavy atom. The van der Waals surface area contributed by atoms with Gasteiger partial charge in [-0.2, -0.15) is 0 Å². The molecule has 0 saturated carbocycles. The van der Waals surface area contributed by atoms with Gasteiger partial charge in [0.1, 0.15) is 0 Å². The first-order valence-corrected chi connectivity index (χ1v) is 3.43. The molecule has 1 aliphatic rings. The molecule has 0 atom stereocenters. The molecule has 1 fully saturated rings. The lowest BCUT2D eigenvalue weighted by atomic mass is 10.3. The van der Waals surface area contributed by atoms with E-state index in [2.05, 4.69) is 4.90 Å². The average molecular weight is 143 g/mol. The highest BCUT2D eigenvalue weighted by molar-refractivity contribution is 5.71. The minimum absolute atomic E-state index is 0.313. The van der Waals surface area contributed by atoms with Gasteiger partial charge in [0.15, 0.2) is 0 Å². The van der Waals surface area contributed by atoms with Crippen LogP contribution in [0.5, 0.6) is 0 Å². The van der Waals surface area contributed by atoms with Crippen molar-refractivity contribution >= 4 is 6.03 Å². The molecular weight excluding hydrogens is 130 g/mol. The van der Waals surface area contributed by atoms with Crippen LogP contribution in [0.15, 0.2) is 0 Å². The van der Waals surface area contributed by atoms with Crippen molar-refractivity contribution in [1.82, 2.24) is 9.80 Å². The van der Waals surface area contributed by atoms with Crippen LogP contribution in [0.25, 0.3) is 0 Å². The SMILES string of the molecule is CN1CCCN(C(N)=O)C1. The molecule has 0 unspecified atom stereocenters. The maximum atomic E-state index is 10.6. The number of hydrogen-bond donors (Lipinski definition) is 1. The summed E-state index contributed by atoms with van der Waals surface area (Å²) in [5.74, 6) is 0. The van der Waals surface area contributed by atoms with Crippen molar-refractivity contribution in [2.24, 2.45) is 5.73 Å². The topological polar surface area (TPSA) is 49.6 Å². The van der Waals surface area contributed by atoms with E-state index in [0.29, 0.717) is 6.67 Å². The second kappa shape index (κ2) is 2.88. The van der Waals surface area contributed by atoms with Gasteiger partial charge in [-0.15, -0.1) is 0 Å². The number of hydrogen-bond acceptors (Lipinski definition) is 2. The molecule has 4 nitrogen and oxygen atoms in total. The maximum absolute atomic E-state index is 10.6. The smallest absolute Gasteiger partial charge is 0.315 e. The van der Waals surface area contributed by atoms with Gasteiger partial charge in [-0.05, 0) is 13.5 Å². The van der Waals surface area contributed by atoms with E-state index in [9.17, 15) is 4.79 Å². The molecule has 0 spiro atoms. The van der Waals surface area contributed by atoms with Gasteiger partial charge in [0, 0.05) is 13.1 Å². The van der Waals surface area contributed by atoms with E-state index in [1.165, 1.54) is 0 Å². The van der Waals surface area contributed by atoms with Crippen LogP contribution in [0, 0.1) is 0 Å². The normalized spacial score (nSPS) is 21.1. The van der Waals surface area contributed by atoms with Gasteiger partial charge in [0.2, 0.25) is 0 Å². The van der Waals surface area contributed by atoms with E-state index in [4.69, 9.17) is 5.73 Å². The number of amides is 2. The lowest BCUT2D eigenvalue weighted by Crippen LogP contribution is -2.47. The number of carbonyl (C=O) groups excluding carboxylic acids is 1. The zero-order valence-corrected chi connectivity index (χ0v) is 6.21. The first-order valence-electron chi connectivity index (χ1n) is 3.43. The molecule has 0 aromatic rings. The third kappa shape index (κ3) is 1.60. The fourth-order valence-electron chi connectivity index (χ4n) is 1.14. The molecule has 2 N–H and O–H groups in total. The van der Waals surface area contributed by atoms with Crippen molar-refractivity contribution in [1.29, 1.82) is 0 Å². The molecule has 0 bridgehead atoms. The molecule has 58 valence electrons. The molecule has 1 aliphatic heterocycles. The summed E-state index contributed by atoms with van der Waals surface area (Å²) in [6, 6.07) is -0.313. The summed E-state index contributed by atoms with van der Waals surface area (Å²) in [5.41, 5.74) is 5.09. The Bertz CT molecular complexity index is 137. The Morgan fingerprint density at radius 2 is 2.20 bits per heavy atom. The van der Waals surface area contributed by atoms with E-state index < -0.39 is 0 Å². The number of nitrogens with zero attached hydrogens (tertiary/aromatic N) is 2. The Balaban J connectivity index is 2.39. The minimum atomic E-state index is -0.313. The first-order chi connectivity index (χ1) is 4.70. The van der Waals surface area contributed by atoms with Gasteiger partial charge in [0.05, 0.1) is 6.67 Å². The monoisotopic (exact) mass is 143 g/mol. The highest BCUT2D eigenvalue weighted by Gasteiger charge is 2.15. The summed E-state index contributed by atoms with van der Waals surface area (Å²) in [6.45, 7) is 2.54. The van der Waals surface area contributed by atoms with Gasteiger partial charge in [0.25, 0.3) is 0 Å². The summed E-state index contributed by atoms with van der Waals surface area (Å²) in [5, 5.41) is 0. The zero-order valence-electron chi connectivity index (χ0n) is 6.21. The van der Waals surface area contributed by atoms with Crippen LogP contribution in [-0.2, 0) is 0 Å². The maximum Gasteiger partial charge on any atom is 0.315 e. The largest absolute Gasteiger partial charge is 0.351 e. The van der Waals surface area contributed by atoms with Crippen LogP contribution >= 0.6 is 0 Å². The van der Waals surface area contributed by atoms with E-state index in [1.54, 1.807) is 4.90 Å². The molecule has 1 heterocycles. The van der Waals surface area contributed by atoms with E-state index in [-0.39, 0.29) is 6.03 Å². The van der Waals surface area contributed by atoms with Crippen LogP contribution in [0.3, 0.4) is 0 Å². The fraction of sp³-hybridized carbons (Fsp3) is 0.833. The summed E-state index contributed by atoms with van der Waals surface area (Å²) >= 11 is 0. The van der Waals surface area contributed by atoms with Crippen LogP contribution in [0.4, 0.5) is 4.79 Å². The average Bonchev–Trinajstić information content (AvgIpc) is 1.88. The van der Waals surface area contributed by atoms with Gasteiger partial charge in [-0.3, -0.25) is 4.90 Å². The van der Waals surface area contributed by atoms with Gasteiger partial charge >= 0.3 is 6.03 Å². The third-order valence-corrected chi connectivity index (χ3v) is 1.69. The molecule has 0 aliphatic carbocycles. The molecular formula is C6H13N3O. The van der Waals surface area contributed by atoms with Crippen molar-refractivity contribution in [2.75, 3.05) is 26.8 Å². The van der Waals surface area contributed by atoms with E-state index in [1.807, 2.05) is 7.05 Å². The standard InChI is InChI=1S/C6H13N3O/c1-8-3-2-4-9(5-8)6(7)10/h2-5H2,1H3,(H2,7,10). The molecule has 0 aromatic heterocycles. The van der Waals surface area contributed by atoms with Crippen molar-refractivity contribution < 1.29 is 4.79 Å². The number of carbonyl (C=O) groups is 1. The Labute approximate surface area is 60.6 Å². The van der Waals surface area contributed by atoms with Crippen LogP contribution < -0.4 is 5.73 Å². The van der Waals surface area contributed by atoms with Crippen molar-refractivity contribution in [2.45, 2.75) is 6.42 Å². The number of primary amides is 1. The lowest BCUT2D eigenvalue weighted by Gasteiger charge is -2.31. The predicted octanol–water partition coefficient (Wildman–Crippen LogP) is -0.340. The Hall–Kier alpha value is -0.770. The molecule has 10 heavy (non-hydrogen) atoms. The van der Waals surface area contributed by atoms with Gasteiger partial charge in [-0.1, -0.05) is 0 Å². The zero-order chi connectivity index (χ0) is 7.56. The van der Waals surface area contributed by atoms with Gasteiger partial charge < -0.3 is 10.6 Å². The fourth-order valence-corrected chi connectivity index (χ4v) is 1.14. The second-order valence-electron chi connectivity index (χ2n) is 2.68. The minimum Gasteiger partial charge on any atom is -0.351 e. The lowest BCUT2D eigenvalue weighted by molar-refractivity contribution is 0.128. The number of nitrogens with two attached hydrogens (primary N) is 1. The van der Waals surface area contributed by atoms with Gasteiger partial charge in [-0.25, -0.2) is 4.79 Å². The highest BCUT2D eigenvalue weighted by Crippen LogP contribution is 2.01. The van der Waals surface area contributed by atoms with E-state index >= 15 is 0 Å². The number of urea groups is 1. The Morgan fingerprint density at radius 3 is 2.60 bits per heavy atom. The molecule has 2 amide bonds. The molecule has 0 radical (unpaired) electrons. The van der Waals surface area contributed by atoms with Crippen LogP contribution in [-0.4, -0.2) is 42.6 Å². The van der Waals surface area contributed by atoms with E-state index in [0.717, 1.165) is 19.5 Å². The van der Waals surface area contributed by atoms with Crippen molar-refractivity contribution in [3.05, 3.63) is 0 Å². The molecule has 1 rings (SSSR count). The summed E-state index contributed by atoms with van der Waals surface area (Å²) in [7, 11) is 1.98. The van der Waals surface area contributed by atoms with Crippen molar-refractivity contribution in [3.8, 4) is 0 Å². The second-order valence-corrected chi connectivity index (χ2v) is 2.68. The third-order valence-electron chi connectivity index (χ3n) is 1.69. The Kier molecular flexibility index (Phi) is 2.11. The van der Waals surface area contributed by atoms with Crippen LogP contribution in [0.1, 0.15) is 6.42 Å². The molecule has 0 aromatic carbocycles. The summed E-state index contributed by atoms with van der Waals surface area (Å²) in [6.07, 6.45) is 1.03. The quantitative estimate of drug-likeness (QED) is 0.504. The number of rotatable bonds is 0. The van der Waals surface area contributed by atoms with Crippen molar-refractivity contribution in [3.63, 3.8) is 0 Å². The molecule has 1 saturated heterocycles.